The molecule has 90 valence electrons. The Morgan fingerprint density at radius 3 is 2.19 bits per heavy atom. The Hall–Kier alpha value is -0.960. The molecule has 16 heavy (non-hydrogen) atoms. The lowest BCUT2D eigenvalue weighted by atomic mass is 9.81. The molecule has 0 saturated carbocycles. The Bertz CT molecular complexity index is 380. The summed E-state index contributed by atoms with van der Waals surface area (Å²) in [6.45, 7) is 7.51. The van der Waals surface area contributed by atoms with Gasteiger partial charge in [0.15, 0.2) is 0 Å². The van der Waals surface area contributed by atoms with Crippen LogP contribution < -0.4 is 5.32 Å². The third-order valence-electron chi connectivity index (χ3n) is 2.76. The van der Waals surface area contributed by atoms with Gasteiger partial charge in [0.1, 0.15) is 11.6 Å². The molecular formula is C13H19F2N. The standard InChI is InChI=1S/C13H19F2N/c1-8-6-7-9(14)10(11(8)15)12(16-5)13(2,3)4/h6-7,12,16H,1-5H3. The molecule has 0 saturated heterocycles. The molecule has 0 fully saturated rings. The lowest BCUT2D eigenvalue weighted by Crippen LogP contribution is -2.31. The zero-order chi connectivity index (χ0) is 12.5. The summed E-state index contributed by atoms with van der Waals surface area (Å²) in [5.41, 5.74) is 0.362. The van der Waals surface area contributed by atoms with Gasteiger partial charge in [-0.2, -0.15) is 0 Å². The third kappa shape index (κ3) is 2.40. The molecule has 0 aliphatic carbocycles. The van der Waals surface area contributed by atoms with Crippen LogP contribution in [-0.4, -0.2) is 7.05 Å². The highest BCUT2D eigenvalue weighted by Crippen LogP contribution is 2.35. The zero-order valence-corrected chi connectivity index (χ0v) is 10.5. The maximum atomic E-state index is 13.9. The van der Waals surface area contributed by atoms with Crippen LogP contribution in [0.2, 0.25) is 0 Å². The molecule has 1 rings (SSSR count). The number of nitrogens with one attached hydrogen (secondary N) is 1. The molecule has 0 spiro atoms. The van der Waals surface area contributed by atoms with E-state index in [1.807, 2.05) is 20.8 Å². The van der Waals surface area contributed by atoms with Gasteiger partial charge in [-0.05, 0) is 31.0 Å². The van der Waals surface area contributed by atoms with Crippen molar-refractivity contribution in [3.8, 4) is 0 Å². The Balaban J connectivity index is 3.36. The molecule has 0 bridgehead atoms. The first kappa shape index (κ1) is 13.1. The highest BCUT2D eigenvalue weighted by atomic mass is 19.1. The number of hydrogen-bond acceptors (Lipinski definition) is 1. The Labute approximate surface area is 95.9 Å². The number of hydrogen-bond donors (Lipinski definition) is 1. The van der Waals surface area contributed by atoms with Gasteiger partial charge >= 0.3 is 0 Å². The van der Waals surface area contributed by atoms with Crippen LogP contribution in [0.25, 0.3) is 0 Å². The zero-order valence-electron chi connectivity index (χ0n) is 10.5. The van der Waals surface area contributed by atoms with Crippen LogP contribution in [0.3, 0.4) is 0 Å². The van der Waals surface area contributed by atoms with Gasteiger partial charge in [0.05, 0.1) is 0 Å². The average Bonchev–Trinajstić information content (AvgIpc) is 2.16. The van der Waals surface area contributed by atoms with Crippen molar-refractivity contribution in [2.24, 2.45) is 5.41 Å². The minimum atomic E-state index is -0.489. The van der Waals surface area contributed by atoms with Crippen LogP contribution in [0.4, 0.5) is 8.78 Å². The Morgan fingerprint density at radius 2 is 1.75 bits per heavy atom. The number of rotatable bonds is 2. The molecule has 0 aliphatic heterocycles. The molecule has 0 aromatic heterocycles. The van der Waals surface area contributed by atoms with Crippen molar-refractivity contribution >= 4 is 0 Å². The lowest BCUT2D eigenvalue weighted by molar-refractivity contribution is 0.272. The Kier molecular flexibility index (Phi) is 3.68. The molecule has 1 nitrogen and oxygen atoms in total. The minimum absolute atomic E-state index is 0.134. The first-order chi connectivity index (χ1) is 7.29. The monoisotopic (exact) mass is 227 g/mol. The quantitative estimate of drug-likeness (QED) is 0.814. The Morgan fingerprint density at radius 1 is 1.19 bits per heavy atom. The summed E-state index contributed by atoms with van der Waals surface area (Å²) in [7, 11) is 1.72. The van der Waals surface area contributed by atoms with E-state index in [2.05, 4.69) is 5.32 Å². The smallest absolute Gasteiger partial charge is 0.133 e. The fourth-order valence-corrected chi connectivity index (χ4v) is 1.95. The van der Waals surface area contributed by atoms with Crippen LogP contribution in [-0.2, 0) is 0 Å². The van der Waals surface area contributed by atoms with Gasteiger partial charge < -0.3 is 5.32 Å². The summed E-state index contributed by atoms with van der Waals surface area (Å²) in [6, 6.07) is 2.44. The SMILES string of the molecule is CNC(c1c(F)ccc(C)c1F)C(C)(C)C. The van der Waals surface area contributed by atoms with Crippen LogP contribution in [0.15, 0.2) is 12.1 Å². The van der Waals surface area contributed by atoms with Gasteiger partial charge in [0, 0.05) is 11.6 Å². The number of aryl methyl sites for hydroxylation is 1. The van der Waals surface area contributed by atoms with Crippen LogP contribution in [0, 0.1) is 24.0 Å². The van der Waals surface area contributed by atoms with E-state index in [9.17, 15) is 8.78 Å². The van der Waals surface area contributed by atoms with Gasteiger partial charge in [-0.3, -0.25) is 0 Å². The van der Waals surface area contributed by atoms with Gasteiger partial charge in [-0.15, -0.1) is 0 Å². The summed E-state index contributed by atoms with van der Waals surface area (Å²) in [5.74, 6) is -0.938. The van der Waals surface area contributed by atoms with Gasteiger partial charge in [0.25, 0.3) is 0 Å². The summed E-state index contributed by atoms with van der Waals surface area (Å²) in [5, 5.41) is 2.99. The fourth-order valence-electron chi connectivity index (χ4n) is 1.95. The molecule has 1 atom stereocenters. The van der Waals surface area contributed by atoms with E-state index in [1.165, 1.54) is 12.1 Å². The van der Waals surface area contributed by atoms with E-state index in [0.29, 0.717) is 5.56 Å². The van der Waals surface area contributed by atoms with E-state index in [1.54, 1.807) is 14.0 Å². The third-order valence-corrected chi connectivity index (χ3v) is 2.76. The second-order valence-corrected chi connectivity index (χ2v) is 5.18. The van der Waals surface area contributed by atoms with E-state index in [0.717, 1.165) is 0 Å². The first-order valence-corrected chi connectivity index (χ1v) is 5.40. The highest BCUT2D eigenvalue weighted by molar-refractivity contribution is 5.30. The number of benzene rings is 1. The first-order valence-electron chi connectivity index (χ1n) is 5.40. The van der Waals surface area contributed by atoms with E-state index < -0.39 is 11.6 Å². The molecule has 1 aromatic carbocycles. The van der Waals surface area contributed by atoms with E-state index >= 15 is 0 Å². The predicted molar refractivity (Wildman–Crippen MR) is 62.4 cm³/mol. The normalized spacial score (nSPS) is 13.9. The fraction of sp³-hybridized carbons (Fsp3) is 0.538. The van der Waals surface area contributed by atoms with Crippen molar-refractivity contribution in [3.05, 3.63) is 34.9 Å². The van der Waals surface area contributed by atoms with Crippen molar-refractivity contribution in [1.82, 2.24) is 5.32 Å². The molecule has 1 unspecified atom stereocenters. The van der Waals surface area contributed by atoms with Crippen molar-refractivity contribution in [3.63, 3.8) is 0 Å². The second-order valence-electron chi connectivity index (χ2n) is 5.18. The molecule has 0 heterocycles. The summed E-state index contributed by atoms with van der Waals surface area (Å²) in [6.07, 6.45) is 0. The van der Waals surface area contributed by atoms with Crippen LogP contribution in [0.1, 0.15) is 37.9 Å². The van der Waals surface area contributed by atoms with E-state index in [-0.39, 0.29) is 17.0 Å². The lowest BCUT2D eigenvalue weighted by Gasteiger charge is -2.31. The molecule has 1 aromatic rings. The van der Waals surface area contributed by atoms with Crippen molar-refractivity contribution in [2.75, 3.05) is 7.05 Å². The molecule has 1 N–H and O–H groups in total. The molecular weight excluding hydrogens is 208 g/mol. The molecule has 0 aliphatic rings. The topological polar surface area (TPSA) is 12.0 Å². The second kappa shape index (κ2) is 4.50. The average molecular weight is 227 g/mol. The van der Waals surface area contributed by atoms with Crippen molar-refractivity contribution in [1.29, 1.82) is 0 Å². The number of halogens is 2. The summed E-state index contributed by atoms with van der Waals surface area (Å²) in [4.78, 5) is 0. The largest absolute Gasteiger partial charge is 0.312 e. The maximum absolute atomic E-state index is 13.9. The van der Waals surface area contributed by atoms with Gasteiger partial charge in [-0.1, -0.05) is 26.8 Å². The minimum Gasteiger partial charge on any atom is -0.312 e. The molecule has 0 amide bonds. The summed E-state index contributed by atoms with van der Waals surface area (Å²) >= 11 is 0. The maximum Gasteiger partial charge on any atom is 0.133 e. The highest BCUT2D eigenvalue weighted by Gasteiger charge is 2.30. The van der Waals surface area contributed by atoms with Crippen molar-refractivity contribution < 1.29 is 8.78 Å². The van der Waals surface area contributed by atoms with Crippen molar-refractivity contribution in [2.45, 2.75) is 33.7 Å². The van der Waals surface area contributed by atoms with Gasteiger partial charge in [-0.25, -0.2) is 8.78 Å². The summed E-state index contributed by atoms with van der Waals surface area (Å²) < 4.78 is 27.7. The van der Waals surface area contributed by atoms with E-state index in [4.69, 9.17) is 0 Å². The van der Waals surface area contributed by atoms with Crippen LogP contribution in [0.5, 0.6) is 0 Å². The van der Waals surface area contributed by atoms with Crippen LogP contribution >= 0.6 is 0 Å². The predicted octanol–water partition coefficient (Wildman–Crippen LogP) is 3.58. The molecule has 3 heteroatoms. The van der Waals surface area contributed by atoms with Gasteiger partial charge in [0.2, 0.25) is 0 Å². The molecule has 0 radical (unpaired) electrons.